The number of methoxy groups -OCH3 is 1. The molecule has 0 bridgehead atoms. The van der Waals surface area contributed by atoms with Gasteiger partial charge in [-0.15, -0.1) is 0 Å². The minimum atomic E-state index is 0.373. The second kappa shape index (κ2) is 5.33. The maximum atomic E-state index is 7.84. The number of ether oxygens (including phenoxy) is 1. The molecule has 0 aliphatic rings. The summed E-state index contributed by atoms with van der Waals surface area (Å²) in [6.07, 6.45) is 0. The van der Waals surface area contributed by atoms with Crippen LogP contribution in [0, 0.1) is 5.41 Å². The summed E-state index contributed by atoms with van der Waals surface area (Å²) in [5, 5.41) is 8.49. The van der Waals surface area contributed by atoms with E-state index >= 15 is 0 Å². The number of halogens is 1. The Bertz CT molecular complexity index is 638. The van der Waals surface area contributed by atoms with Crippen LogP contribution in [0.1, 0.15) is 12.5 Å². The highest BCUT2D eigenvalue weighted by molar-refractivity contribution is 6.30. The minimum Gasteiger partial charge on any atom is -0.496 e. The first kappa shape index (κ1) is 13.4. The van der Waals surface area contributed by atoms with Crippen LogP contribution in [-0.2, 0) is 0 Å². The average Bonchev–Trinajstić information content (AvgIpc) is 2.37. The molecule has 0 amide bonds. The zero-order valence-electron chi connectivity index (χ0n) is 10.8. The van der Waals surface area contributed by atoms with Gasteiger partial charge >= 0.3 is 0 Å². The predicted octanol–water partition coefficient (Wildman–Crippen LogP) is 3.99. The Morgan fingerprint density at radius 1 is 1.26 bits per heavy atom. The molecule has 98 valence electrons. The zero-order chi connectivity index (χ0) is 14.0. The van der Waals surface area contributed by atoms with E-state index < -0.39 is 0 Å². The molecular formula is C15H15ClN2O. The largest absolute Gasteiger partial charge is 0.496 e. The van der Waals surface area contributed by atoms with Crippen molar-refractivity contribution in [2.24, 2.45) is 0 Å². The molecule has 2 aromatic carbocycles. The molecule has 0 saturated carbocycles. The Hall–Kier alpha value is -2.00. The van der Waals surface area contributed by atoms with Crippen LogP contribution in [0.3, 0.4) is 0 Å². The monoisotopic (exact) mass is 274 g/mol. The fourth-order valence-corrected chi connectivity index (χ4v) is 2.25. The molecule has 0 spiro atoms. The third-order valence-electron chi connectivity index (χ3n) is 2.94. The topological polar surface area (TPSA) is 59.1 Å². The summed E-state index contributed by atoms with van der Waals surface area (Å²) in [6, 6.07) is 11.2. The lowest BCUT2D eigenvalue weighted by Crippen LogP contribution is -2.04. The predicted molar refractivity (Wildman–Crippen MR) is 80.4 cm³/mol. The molecule has 19 heavy (non-hydrogen) atoms. The van der Waals surface area contributed by atoms with Gasteiger partial charge < -0.3 is 15.9 Å². The lowest BCUT2D eigenvalue weighted by atomic mass is 9.97. The summed E-state index contributed by atoms with van der Waals surface area (Å²) >= 11 is 6.00. The number of hydrogen-bond acceptors (Lipinski definition) is 3. The van der Waals surface area contributed by atoms with Crippen molar-refractivity contribution in [2.75, 3.05) is 12.8 Å². The molecule has 0 saturated heterocycles. The molecule has 0 aromatic heterocycles. The van der Waals surface area contributed by atoms with Crippen molar-refractivity contribution in [2.45, 2.75) is 6.92 Å². The molecule has 0 aliphatic carbocycles. The SMILES string of the molecule is COc1ccc(-c2cccc(Cl)c2)c(N)c1C(C)=N. The first-order chi connectivity index (χ1) is 9.04. The van der Waals surface area contributed by atoms with Gasteiger partial charge in [0, 0.05) is 16.3 Å². The number of benzene rings is 2. The van der Waals surface area contributed by atoms with Crippen LogP contribution in [-0.4, -0.2) is 12.8 Å². The van der Waals surface area contributed by atoms with Crippen LogP contribution in [0.4, 0.5) is 5.69 Å². The van der Waals surface area contributed by atoms with Gasteiger partial charge in [-0.05, 0) is 36.8 Å². The quantitative estimate of drug-likeness (QED) is 0.657. The minimum absolute atomic E-state index is 0.373. The third-order valence-corrected chi connectivity index (χ3v) is 3.17. The third kappa shape index (κ3) is 2.56. The van der Waals surface area contributed by atoms with Crippen LogP contribution in [0.25, 0.3) is 11.1 Å². The number of nitrogen functional groups attached to an aromatic ring is 1. The molecule has 2 rings (SSSR count). The molecule has 3 N–H and O–H groups in total. The Kier molecular flexibility index (Phi) is 3.76. The summed E-state index contributed by atoms with van der Waals surface area (Å²) in [4.78, 5) is 0. The lowest BCUT2D eigenvalue weighted by molar-refractivity contribution is 0.414. The first-order valence-electron chi connectivity index (χ1n) is 5.82. The van der Waals surface area contributed by atoms with E-state index in [9.17, 15) is 0 Å². The van der Waals surface area contributed by atoms with Gasteiger partial charge in [0.2, 0.25) is 0 Å². The molecule has 0 atom stereocenters. The van der Waals surface area contributed by atoms with Crippen LogP contribution in [0.15, 0.2) is 36.4 Å². The van der Waals surface area contributed by atoms with Crippen LogP contribution < -0.4 is 10.5 Å². The van der Waals surface area contributed by atoms with E-state index in [-0.39, 0.29) is 0 Å². The van der Waals surface area contributed by atoms with Crippen molar-refractivity contribution in [1.29, 1.82) is 5.41 Å². The molecule has 0 unspecified atom stereocenters. The highest BCUT2D eigenvalue weighted by atomic mass is 35.5. The number of anilines is 1. The zero-order valence-corrected chi connectivity index (χ0v) is 11.6. The average molecular weight is 275 g/mol. The number of rotatable bonds is 3. The molecule has 0 fully saturated rings. The van der Waals surface area contributed by atoms with Gasteiger partial charge in [0.25, 0.3) is 0 Å². The molecule has 2 aromatic rings. The summed E-state index contributed by atoms with van der Waals surface area (Å²) in [5.74, 6) is 0.607. The smallest absolute Gasteiger partial charge is 0.130 e. The summed E-state index contributed by atoms with van der Waals surface area (Å²) in [6.45, 7) is 1.69. The molecule has 0 aliphatic heterocycles. The van der Waals surface area contributed by atoms with Crippen molar-refractivity contribution in [3.8, 4) is 16.9 Å². The second-order valence-corrected chi connectivity index (χ2v) is 4.68. The van der Waals surface area contributed by atoms with E-state index in [4.69, 9.17) is 27.5 Å². The fourth-order valence-electron chi connectivity index (χ4n) is 2.06. The highest BCUT2D eigenvalue weighted by Gasteiger charge is 2.14. The van der Waals surface area contributed by atoms with Crippen molar-refractivity contribution >= 4 is 23.0 Å². The summed E-state index contributed by atoms with van der Waals surface area (Å²) in [5.41, 5.74) is 9.49. The van der Waals surface area contributed by atoms with Crippen LogP contribution >= 0.6 is 11.6 Å². The fraction of sp³-hybridized carbons (Fsp3) is 0.133. The maximum Gasteiger partial charge on any atom is 0.130 e. The summed E-state index contributed by atoms with van der Waals surface area (Å²) < 4.78 is 5.26. The van der Waals surface area contributed by atoms with Gasteiger partial charge in [-0.2, -0.15) is 0 Å². The van der Waals surface area contributed by atoms with Gasteiger partial charge in [-0.1, -0.05) is 23.7 Å². The van der Waals surface area contributed by atoms with E-state index in [1.165, 1.54) is 0 Å². The van der Waals surface area contributed by atoms with Crippen molar-refractivity contribution in [1.82, 2.24) is 0 Å². The van der Waals surface area contributed by atoms with Crippen molar-refractivity contribution < 1.29 is 4.74 Å². The Labute approximate surface area is 117 Å². The van der Waals surface area contributed by atoms with Gasteiger partial charge in [-0.3, -0.25) is 0 Å². The number of hydrogen-bond donors (Lipinski definition) is 2. The van der Waals surface area contributed by atoms with Crippen LogP contribution in [0.2, 0.25) is 5.02 Å². The van der Waals surface area contributed by atoms with E-state index in [1.54, 1.807) is 14.0 Å². The lowest BCUT2D eigenvalue weighted by Gasteiger charge is -2.14. The Balaban J connectivity index is 2.66. The molecule has 0 heterocycles. The van der Waals surface area contributed by atoms with E-state index in [1.807, 2.05) is 36.4 Å². The van der Waals surface area contributed by atoms with Crippen molar-refractivity contribution in [3.63, 3.8) is 0 Å². The van der Waals surface area contributed by atoms with Gasteiger partial charge in [0.1, 0.15) is 5.75 Å². The van der Waals surface area contributed by atoms with E-state index in [2.05, 4.69) is 0 Å². The number of nitrogens with one attached hydrogen (secondary N) is 1. The summed E-state index contributed by atoms with van der Waals surface area (Å²) in [7, 11) is 1.57. The van der Waals surface area contributed by atoms with Gasteiger partial charge in [0.15, 0.2) is 0 Å². The standard InChI is InChI=1S/C15H15ClN2O/c1-9(17)14-13(19-2)7-6-12(15(14)18)10-4-3-5-11(16)8-10/h3-8,17H,18H2,1-2H3. The van der Waals surface area contributed by atoms with E-state index in [0.717, 1.165) is 11.1 Å². The van der Waals surface area contributed by atoms with Crippen LogP contribution in [0.5, 0.6) is 5.75 Å². The molecule has 4 heteroatoms. The maximum absolute atomic E-state index is 7.84. The Morgan fingerprint density at radius 3 is 2.58 bits per heavy atom. The molecule has 0 radical (unpaired) electrons. The van der Waals surface area contributed by atoms with Gasteiger partial charge in [0.05, 0.1) is 18.4 Å². The normalized spacial score (nSPS) is 10.3. The number of nitrogens with two attached hydrogens (primary N) is 1. The molecular weight excluding hydrogens is 260 g/mol. The van der Waals surface area contributed by atoms with E-state index in [0.29, 0.717) is 27.7 Å². The Morgan fingerprint density at radius 2 is 2.00 bits per heavy atom. The molecule has 3 nitrogen and oxygen atoms in total. The highest BCUT2D eigenvalue weighted by Crippen LogP contribution is 2.35. The first-order valence-corrected chi connectivity index (χ1v) is 6.20. The second-order valence-electron chi connectivity index (χ2n) is 4.24. The van der Waals surface area contributed by atoms with Crippen molar-refractivity contribution in [3.05, 3.63) is 47.0 Å². The van der Waals surface area contributed by atoms with Gasteiger partial charge in [-0.25, -0.2) is 0 Å².